The maximum absolute atomic E-state index is 13.9. The zero-order chi connectivity index (χ0) is 39.0. The first kappa shape index (κ1) is 55.0. The molecule has 0 radical (unpaired) electrons. The minimum Gasteiger partial charge on any atom is -0.491 e. The maximum Gasteiger partial charge on any atom is 0.412 e. The predicted molar refractivity (Wildman–Crippen MR) is 203 cm³/mol. The van der Waals surface area contributed by atoms with Gasteiger partial charge in [0.15, 0.2) is 0 Å². The number of ketones is 1. The summed E-state index contributed by atoms with van der Waals surface area (Å²) in [6, 6.07) is 0. The van der Waals surface area contributed by atoms with Gasteiger partial charge in [-0.05, 0) is 65.0 Å². The Morgan fingerprint density at radius 2 is 1.44 bits per heavy atom. The molecule has 0 saturated carbocycles. The molecule has 48 heavy (non-hydrogen) atoms. The number of allylic oxidation sites excluding steroid dienone is 5. The molecule has 4 atom stereocenters. The number of aliphatic hydroxyl groups is 2. The van der Waals surface area contributed by atoms with Crippen molar-refractivity contribution in [1.29, 1.82) is 0 Å². The fraction of sp³-hybridized carbons (Fsp3) is 0.700. The van der Waals surface area contributed by atoms with Crippen LogP contribution in [0.4, 0.5) is 13.2 Å². The summed E-state index contributed by atoms with van der Waals surface area (Å²) in [4.78, 5) is 16.0. The van der Waals surface area contributed by atoms with Gasteiger partial charge in [-0.1, -0.05) is 113 Å². The molecule has 284 valence electrons. The van der Waals surface area contributed by atoms with Gasteiger partial charge in [0.1, 0.15) is 11.9 Å². The van der Waals surface area contributed by atoms with E-state index < -0.39 is 35.8 Å². The lowest BCUT2D eigenvalue weighted by Gasteiger charge is -2.22. The van der Waals surface area contributed by atoms with Gasteiger partial charge in [-0.25, -0.2) is 0 Å². The van der Waals surface area contributed by atoms with E-state index in [1.807, 2.05) is 53.7 Å². The second-order valence-corrected chi connectivity index (χ2v) is 12.0. The van der Waals surface area contributed by atoms with Gasteiger partial charge in [-0.3, -0.25) is 9.79 Å². The van der Waals surface area contributed by atoms with Gasteiger partial charge in [-0.2, -0.15) is 13.2 Å². The molecule has 5 nitrogen and oxygen atoms in total. The highest BCUT2D eigenvalue weighted by atomic mass is 19.4. The quantitative estimate of drug-likeness (QED) is 0.0732. The molecule has 0 aliphatic rings. The summed E-state index contributed by atoms with van der Waals surface area (Å²) < 4.78 is 47.7. The van der Waals surface area contributed by atoms with Crippen LogP contribution in [0, 0.1) is 17.8 Å². The van der Waals surface area contributed by atoms with E-state index >= 15 is 0 Å². The fourth-order valence-electron chi connectivity index (χ4n) is 3.58. The molecular weight excluding hydrogens is 615 g/mol. The molecule has 0 aliphatic carbocycles. The molecule has 2 N–H and O–H groups in total. The summed E-state index contributed by atoms with van der Waals surface area (Å²) in [5.74, 6) is -0.232. The Hall–Kier alpha value is -2.45. The summed E-state index contributed by atoms with van der Waals surface area (Å²) in [5.41, 5.74) is 1.62. The van der Waals surface area contributed by atoms with Crippen molar-refractivity contribution >= 4 is 11.5 Å². The average molecular weight is 690 g/mol. The summed E-state index contributed by atoms with van der Waals surface area (Å²) >= 11 is 0. The maximum atomic E-state index is 13.9. The highest BCUT2D eigenvalue weighted by molar-refractivity contribution is 5.80. The minimum atomic E-state index is -4.52. The van der Waals surface area contributed by atoms with Crippen LogP contribution >= 0.6 is 0 Å². The van der Waals surface area contributed by atoms with Crippen molar-refractivity contribution in [2.75, 3.05) is 7.11 Å². The Bertz CT molecular complexity index is 954. The van der Waals surface area contributed by atoms with E-state index in [4.69, 9.17) is 9.84 Å². The molecule has 0 rings (SSSR count). The largest absolute Gasteiger partial charge is 0.491 e. The number of nitrogens with zero attached hydrogens (tertiary/aromatic N) is 1. The van der Waals surface area contributed by atoms with E-state index in [0.29, 0.717) is 23.8 Å². The minimum absolute atomic E-state index is 0.0110. The van der Waals surface area contributed by atoms with E-state index in [0.717, 1.165) is 24.8 Å². The second kappa shape index (κ2) is 34.4. The molecule has 8 heteroatoms. The fourth-order valence-corrected chi connectivity index (χ4v) is 3.58. The molecule has 0 spiro atoms. The van der Waals surface area contributed by atoms with E-state index in [2.05, 4.69) is 53.1 Å². The third kappa shape index (κ3) is 32.1. The standard InChI is InChI=1S/C31H48F3NO3.2C3H8.C2H6.CH4O/c1-11-28(35-21(4)5)19-23(7)29(38-24(8)16-15-20(2)3)18-17-27(31(32,33)34)14-12-13-22(6)30(37)25(9)26(10)36;2*1-3-2;2*1-2/h11-13,17,19-20,22,25,29-30,37H,8,14-16,18H2,1-7,9-10H3;2*3H2,1-2H3;1-2H3;2H,1H3/b13-12+,23-19+,27-17+,28-11-;;;;. The second-order valence-electron chi connectivity index (χ2n) is 12.0. The van der Waals surface area contributed by atoms with Crippen molar-refractivity contribution in [3.05, 3.63) is 59.6 Å². The Kier molecular flexibility index (Phi) is 39.4. The molecule has 0 saturated heterocycles. The highest BCUT2D eigenvalue weighted by Gasteiger charge is 2.33. The van der Waals surface area contributed by atoms with E-state index in [1.165, 1.54) is 38.0 Å². The van der Waals surface area contributed by atoms with Gasteiger partial charge in [0.05, 0.1) is 17.6 Å². The smallest absolute Gasteiger partial charge is 0.412 e. The van der Waals surface area contributed by atoms with E-state index in [9.17, 15) is 23.1 Å². The lowest BCUT2D eigenvalue weighted by molar-refractivity contribution is -0.124. The summed E-state index contributed by atoms with van der Waals surface area (Å²) in [6.45, 7) is 32.8. The number of carbonyl (C=O) groups is 1. The van der Waals surface area contributed by atoms with Crippen LogP contribution in [0.2, 0.25) is 0 Å². The van der Waals surface area contributed by atoms with Crippen molar-refractivity contribution in [3.8, 4) is 0 Å². The lowest BCUT2D eigenvalue weighted by atomic mass is 9.90. The van der Waals surface area contributed by atoms with Crippen LogP contribution < -0.4 is 0 Å². The van der Waals surface area contributed by atoms with Crippen LogP contribution in [0.1, 0.15) is 142 Å². The van der Waals surface area contributed by atoms with Gasteiger partial charge in [0.2, 0.25) is 0 Å². The molecule has 0 bridgehead atoms. The van der Waals surface area contributed by atoms with Crippen molar-refractivity contribution in [3.63, 3.8) is 0 Å². The van der Waals surface area contributed by atoms with Crippen molar-refractivity contribution < 1.29 is 32.9 Å². The molecule has 0 aliphatic heterocycles. The summed E-state index contributed by atoms with van der Waals surface area (Å²) in [6.07, 6.45) is 5.32. The first-order chi connectivity index (χ1) is 22.3. The number of alkyl halides is 3. The van der Waals surface area contributed by atoms with Crippen LogP contribution in [0.5, 0.6) is 0 Å². The monoisotopic (exact) mass is 690 g/mol. The lowest BCUT2D eigenvalue weighted by Crippen LogP contribution is -2.29. The van der Waals surface area contributed by atoms with Gasteiger partial charge in [0.25, 0.3) is 0 Å². The summed E-state index contributed by atoms with van der Waals surface area (Å²) in [7, 11) is 1.00. The number of carbonyl (C=O) groups excluding carboxylic acids is 1. The molecule has 0 aromatic carbocycles. The molecule has 0 aromatic rings. The number of ether oxygens (including phenoxy) is 1. The number of halogens is 3. The Morgan fingerprint density at radius 1 is 0.958 bits per heavy atom. The molecule has 0 aromatic heterocycles. The van der Waals surface area contributed by atoms with Gasteiger partial charge in [-0.15, -0.1) is 0 Å². The number of Topliss-reactive ketones (excluding diaryl/α,β-unsaturated/α-hetero) is 1. The number of hydrogen-bond acceptors (Lipinski definition) is 5. The highest BCUT2D eigenvalue weighted by Crippen LogP contribution is 2.31. The van der Waals surface area contributed by atoms with E-state index in [1.54, 1.807) is 13.8 Å². The molecule has 0 fully saturated rings. The predicted octanol–water partition coefficient (Wildman–Crippen LogP) is 12.2. The third-order valence-corrected chi connectivity index (χ3v) is 6.25. The molecule has 0 amide bonds. The number of aliphatic imine (C=N–C) groups is 1. The normalized spacial score (nSPS) is 14.3. The Morgan fingerprint density at radius 3 is 1.81 bits per heavy atom. The topological polar surface area (TPSA) is 79.1 Å². The molecule has 0 heterocycles. The molecular formula is C40H74F3NO4. The number of hydrogen-bond donors (Lipinski definition) is 2. The van der Waals surface area contributed by atoms with Crippen LogP contribution in [-0.2, 0) is 9.53 Å². The zero-order valence-electron chi connectivity index (χ0n) is 33.5. The van der Waals surface area contributed by atoms with Gasteiger partial charge in [0, 0.05) is 43.1 Å². The first-order valence-electron chi connectivity index (χ1n) is 17.6. The van der Waals surface area contributed by atoms with Gasteiger partial charge < -0.3 is 14.9 Å². The Balaban J connectivity index is -0.000000549. The van der Waals surface area contributed by atoms with E-state index in [-0.39, 0.29) is 18.6 Å². The van der Waals surface area contributed by atoms with Crippen molar-refractivity contribution in [1.82, 2.24) is 0 Å². The van der Waals surface area contributed by atoms with Crippen LogP contribution in [0.3, 0.4) is 0 Å². The Labute approximate surface area is 294 Å². The van der Waals surface area contributed by atoms with Crippen LogP contribution in [-0.4, -0.2) is 47.2 Å². The number of rotatable bonds is 16. The number of aliphatic hydroxyl groups excluding tert-OH is 2. The zero-order valence-corrected chi connectivity index (χ0v) is 33.5. The van der Waals surface area contributed by atoms with Crippen molar-refractivity contribution in [2.24, 2.45) is 22.7 Å². The van der Waals surface area contributed by atoms with Crippen molar-refractivity contribution in [2.45, 2.75) is 161 Å². The molecule has 4 unspecified atom stereocenters. The average Bonchev–Trinajstić information content (AvgIpc) is 3.01. The first-order valence-corrected chi connectivity index (χ1v) is 17.6. The SMILES string of the molecule is C=C(CCC(C)C)OC(C/C=C(\C/C=C/C(C)C(O)C(C)C(C)=O)C(F)(F)F)/C(C)=C/C(=C/C)N=C(C)C.CC.CCC.CCC.CO. The third-order valence-electron chi connectivity index (χ3n) is 6.25. The summed E-state index contributed by atoms with van der Waals surface area (Å²) in [5, 5.41) is 17.3. The van der Waals surface area contributed by atoms with Crippen LogP contribution in [0.25, 0.3) is 0 Å². The van der Waals surface area contributed by atoms with Crippen LogP contribution in [0.15, 0.2) is 64.6 Å². The van der Waals surface area contributed by atoms with Gasteiger partial charge >= 0.3 is 6.18 Å².